The molecule has 0 fully saturated rings. The van der Waals surface area contributed by atoms with Gasteiger partial charge in [-0.3, -0.25) is 4.79 Å². The van der Waals surface area contributed by atoms with E-state index in [0.717, 1.165) is 19.3 Å². The Morgan fingerprint density at radius 3 is 3.20 bits per heavy atom. The van der Waals surface area contributed by atoms with Crippen LogP contribution < -0.4 is 5.32 Å². The van der Waals surface area contributed by atoms with Crippen LogP contribution >= 0.6 is 38.9 Å². The minimum atomic E-state index is -0.0561. The molecule has 1 unspecified atom stereocenters. The zero-order valence-electron chi connectivity index (χ0n) is 10.5. The van der Waals surface area contributed by atoms with Crippen molar-refractivity contribution in [3.8, 4) is 0 Å². The normalized spacial score (nSPS) is 17.6. The van der Waals surface area contributed by atoms with Crippen molar-refractivity contribution in [2.45, 2.75) is 25.2 Å². The van der Waals surface area contributed by atoms with E-state index in [0.29, 0.717) is 15.3 Å². The predicted octanol–water partition coefficient (Wildman–Crippen LogP) is 4.62. The highest BCUT2D eigenvalue weighted by Crippen LogP contribution is 2.35. The van der Waals surface area contributed by atoms with Crippen LogP contribution in [0, 0.1) is 0 Å². The number of hydrogen-bond donors (Lipinski definition) is 1. The number of rotatable bonds is 2. The van der Waals surface area contributed by atoms with Crippen LogP contribution in [0.3, 0.4) is 0 Å². The van der Waals surface area contributed by atoms with Crippen molar-refractivity contribution in [3.05, 3.63) is 43.8 Å². The molecule has 2 aromatic rings. The van der Waals surface area contributed by atoms with Crippen molar-refractivity contribution in [2.75, 3.05) is 5.32 Å². The van der Waals surface area contributed by atoms with Gasteiger partial charge in [0.05, 0.1) is 22.3 Å². The Labute approximate surface area is 134 Å². The molecule has 1 atom stereocenters. The summed E-state index contributed by atoms with van der Waals surface area (Å²) in [5, 5.41) is 5.38. The van der Waals surface area contributed by atoms with Gasteiger partial charge in [-0.2, -0.15) is 0 Å². The van der Waals surface area contributed by atoms with Crippen molar-refractivity contribution in [1.82, 2.24) is 4.98 Å². The number of amides is 1. The molecule has 0 radical (unpaired) electrons. The summed E-state index contributed by atoms with van der Waals surface area (Å²) in [6.45, 7) is 0. The van der Waals surface area contributed by atoms with Gasteiger partial charge in [0.25, 0.3) is 0 Å². The number of carbonyl (C=O) groups is 1. The van der Waals surface area contributed by atoms with E-state index >= 15 is 0 Å². The highest BCUT2D eigenvalue weighted by Gasteiger charge is 2.27. The van der Waals surface area contributed by atoms with Crippen molar-refractivity contribution in [3.63, 3.8) is 0 Å². The molecule has 3 rings (SSSR count). The van der Waals surface area contributed by atoms with Gasteiger partial charge in [-0.15, -0.1) is 11.3 Å². The largest absolute Gasteiger partial charge is 0.324 e. The molecule has 104 valence electrons. The van der Waals surface area contributed by atoms with Gasteiger partial charge in [-0.05, 0) is 58.3 Å². The molecule has 20 heavy (non-hydrogen) atoms. The van der Waals surface area contributed by atoms with E-state index in [1.54, 1.807) is 23.6 Å². The Bertz CT molecular complexity index is 658. The standard InChI is InChI=1S/C14H12BrClN2OS/c15-11-6-8(7-17-13(11)16)18-14(19)10-2-1-3-12-9(10)4-5-20-12/h4-7,10H,1-3H2,(H,18,19). The highest BCUT2D eigenvalue weighted by atomic mass is 79.9. The van der Waals surface area contributed by atoms with Crippen LogP contribution in [0.5, 0.6) is 0 Å². The summed E-state index contributed by atoms with van der Waals surface area (Å²) in [6, 6.07) is 3.84. The van der Waals surface area contributed by atoms with Crippen LogP contribution in [0.1, 0.15) is 29.2 Å². The van der Waals surface area contributed by atoms with E-state index in [2.05, 4.69) is 37.7 Å². The van der Waals surface area contributed by atoms with E-state index in [-0.39, 0.29) is 11.8 Å². The number of carbonyl (C=O) groups excluding carboxylic acids is 1. The Balaban J connectivity index is 1.79. The van der Waals surface area contributed by atoms with E-state index < -0.39 is 0 Å². The lowest BCUT2D eigenvalue weighted by molar-refractivity contribution is -0.117. The number of hydrogen-bond acceptors (Lipinski definition) is 3. The molecule has 0 aliphatic heterocycles. The third kappa shape index (κ3) is 2.75. The monoisotopic (exact) mass is 370 g/mol. The van der Waals surface area contributed by atoms with Crippen molar-refractivity contribution >= 4 is 50.5 Å². The van der Waals surface area contributed by atoms with Crippen LogP contribution in [0.15, 0.2) is 28.2 Å². The fraction of sp³-hybridized carbons (Fsp3) is 0.286. The Morgan fingerprint density at radius 1 is 1.55 bits per heavy atom. The minimum Gasteiger partial charge on any atom is -0.324 e. The lowest BCUT2D eigenvalue weighted by Gasteiger charge is -2.21. The van der Waals surface area contributed by atoms with E-state index in [1.807, 2.05) is 0 Å². The van der Waals surface area contributed by atoms with Crippen LogP contribution in [0.2, 0.25) is 5.15 Å². The first-order valence-corrected chi connectivity index (χ1v) is 8.38. The van der Waals surface area contributed by atoms with E-state index in [1.165, 1.54) is 10.4 Å². The maximum Gasteiger partial charge on any atom is 0.231 e. The third-order valence-electron chi connectivity index (χ3n) is 3.43. The lowest BCUT2D eigenvalue weighted by Crippen LogP contribution is -2.23. The number of fused-ring (bicyclic) bond motifs is 1. The molecular weight excluding hydrogens is 360 g/mol. The molecule has 1 amide bonds. The Hall–Kier alpha value is -0.910. The molecule has 1 N–H and O–H groups in total. The van der Waals surface area contributed by atoms with Crippen molar-refractivity contribution in [2.24, 2.45) is 0 Å². The average Bonchev–Trinajstić information content (AvgIpc) is 2.91. The smallest absolute Gasteiger partial charge is 0.231 e. The molecule has 2 heterocycles. The van der Waals surface area contributed by atoms with Crippen LogP contribution in [-0.2, 0) is 11.2 Å². The summed E-state index contributed by atoms with van der Waals surface area (Å²) in [7, 11) is 0. The molecule has 0 bridgehead atoms. The quantitative estimate of drug-likeness (QED) is 0.783. The number of nitrogens with zero attached hydrogens (tertiary/aromatic N) is 1. The molecule has 0 aromatic carbocycles. The number of aryl methyl sites for hydroxylation is 1. The summed E-state index contributed by atoms with van der Waals surface area (Å²) < 4.78 is 0.678. The molecule has 0 saturated carbocycles. The van der Waals surface area contributed by atoms with Gasteiger partial charge in [0, 0.05) is 4.88 Å². The number of halogens is 2. The summed E-state index contributed by atoms with van der Waals surface area (Å²) >= 11 is 10.9. The Kier molecular flexibility index (Phi) is 4.10. The van der Waals surface area contributed by atoms with Gasteiger partial charge in [-0.1, -0.05) is 11.6 Å². The molecule has 2 aromatic heterocycles. The van der Waals surface area contributed by atoms with Gasteiger partial charge >= 0.3 is 0 Å². The maximum absolute atomic E-state index is 12.4. The summed E-state index contributed by atoms with van der Waals surface area (Å²) in [5.41, 5.74) is 1.84. The minimum absolute atomic E-state index is 0.0281. The zero-order valence-corrected chi connectivity index (χ0v) is 13.7. The fourth-order valence-electron chi connectivity index (χ4n) is 2.48. The number of thiophene rings is 1. The second kappa shape index (κ2) is 5.84. The number of nitrogens with one attached hydrogen (secondary N) is 1. The van der Waals surface area contributed by atoms with Gasteiger partial charge < -0.3 is 5.32 Å². The first-order chi connectivity index (χ1) is 9.65. The molecule has 0 spiro atoms. The zero-order chi connectivity index (χ0) is 14.1. The van der Waals surface area contributed by atoms with Gasteiger partial charge in [0.15, 0.2) is 0 Å². The second-order valence-electron chi connectivity index (χ2n) is 4.73. The summed E-state index contributed by atoms with van der Waals surface area (Å²) in [4.78, 5) is 17.8. The summed E-state index contributed by atoms with van der Waals surface area (Å²) in [6.07, 6.45) is 4.62. The summed E-state index contributed by atoms with van der Waals surface area (Å²) in [5.74, 6) is -0.0279. The van der Waals surface area contributed by atoms with Crippen LogP contribution in [0.25, 0.3) is 0 Å². The third-order valence-corrected chi connectivity index (χ3v) is 5.56. The lowest BCUT2D eigenvalue weighted by atomic mass is 9.87. The fourth-order valence-corrected chi connectivity index (χ4v) is 3.92. The average molecular weight is 372 g/mol. The number of aromatic nitrogens is 1. The first-order valence-electron chi connectivity index (χ1n) is 6.33. The van der Waals surface area contributed by atoms with Gasteiger partial charge in [0.2, 0.25) is 5.91 Å². The van der Waals surface area contributed by atoms with Crippen LogP contribution in [-0.4, -0.2) is 10.9 Å². The molecule has 6 heteroatoms. The molecule has 0 saturated heterocycles. The molecule has 3 nitrogen and oxygen atoms in total. The number of pyridine rings is 1. The van der Waals surface area contributed by atoms with Gasteiger partial charge in [-0.25, -0.2) is 4.98 Å². The first kappa shape index (κ1) is 14.0. The highest BCUT2D eigenvalue weighted by molar-refractivity contribution is 9.10. The second-order valence-corrected chi connectivity index (χ2v) is 6.94. The van der Waals surface area contributed by atoms with Crippen molar-refractivity contribution in [1.29, 1.82) is 0 Å². The van der Waals surface area contributed by atoms with Gasteiger partial charge in [0.1, 0.15) is 5.15 Å². The molecule has 1 aliphatic rings. The van der Waals surface area contributed by atoms with Crippen molar-refractivity contribution < 1.29 is 4.79 Å². The maximum atomic E-state index is 12.4. The molecule has 1 aliphatic carbocycles. The Morgan fingerprint density at radius 2 is 2.40 bits per heavy atom. The van der Waals surface area contributed by atoms with E-state index in [4.69, 9.17) is 11.6 Å². The van der Waals surface area contributed by atoms with E-state index in [9.17, 15) is 4.79 Å². The molecular formula is C14H12BrClN2OS. The predicted molar refractivity (Wildman–Crippen MR) is 85.6 cm³/mol. The SMILES string of the molecule is O=C(Nc1cnc(Cl)c(Br)c1)C1CCCc2sccc21. The number of anilines is 1. The topological polar surface area (TPSA) is 42.0 Å². The van der Waals surface area contributed by atoms with Crippen LogP contribution in [0.4, 0.5) is 5.69 Å².